The number of aliphatic hydroxyl groups is 1. The number of carbonyl (C=O) groups excluding carboxylic acids is 1. The summed E-state index contributed by atoms with van der Waals surface area (Å²) in [5.74, 6) is 0.0985. The van der Waals surface area contributed by atoms with Gasteiger partial charge in [-0.25, -0.2) is 0 Å². The Morgan fingerprint density at radius 2 is 2.44 bits per heavy atom. The molecule has 1 fully saturated rings. The smallest absolute Gasteiger partial charge is 0.228 e. The number of likely N-dealkylation sites (tertiary alicyclic amines) is 1. The average Bonchev–Trinajstić information content (AvgIpc) is 2.70. The molecule has 2 N–H and O–H groups in total. The minimum atomic E-state index is -0.301. The fraction of sp³-hybridized carbons (Fsp3) is 0.692. The molecule has 5 nitrogen and oxygen atoms in total. The highest BCUT2D eigenvalue weighted by Gasteiger charge is 2.31. The standard InChI is InChI=1S/C13H21N3O2/c1-13(2)8-11(17)4-6-16(9-13)12(18)7-10-3-5-14-15-10/h3,5,11,17H,4,6-9H2,1-2H3,(H,14,15). The molecule has 1 aromatic heterocycles. The molecule has 1 amide bonds. The van der Waals surface area contributed by atoms with Crippen molar-refractivity contribution in [2.45, 2.75) is 39.2 Å². The maximum Gasteiger partial charge on any atom is 0.228 e. The number of amides is 1. The molecular formula is C13H21N3O2. The van der Waals surface area contributed by atoms with E-state index in [1.54, 1.807) is 6.20 Å². The van der Waals surface area contributed by atoms with Crippen molar-refractivity contribution in [1.29, 1.82) is 0 Å². The van der Waals surface area contributed by atoms with E-state index in [-0.39, 0.29) is 17.4 Å². The van der Waals surface area contributed by atoms with E-state index in [9.17, 15) is 9.90 Å². The summed E-state index contributed by atoms with van der Waals surface area (Å²) in [7, 11) is 0. The van der Waals surface area contributed by atoms with E-state index in [1.807, 2.05) is 11.0 Å². The van der Waals surface area contributed by atoms with Crippen LogP contribution in [-0.2, 0) is 11.2 Å². The minimum Gasteiger partial charge on any atom is -0.393 e. The van der Waals surface area contributed by atoms with Crippen molar-refractivity contribution in [3.05, 3.63) is 18.0 Å². The van der Waals surface area contributed by atoms with Crippen LogP contribution in [0.5, 0.6) is 0 Å². The van der Waals surface area contributed by atoms with E-state index in [0.717, 1.165) is 12.1 Å². The molecule has 0 saturated carbocycles. The van der Waals surface area contributed by atoms with Crippen LogP contribution >= 0.6 is 0 Å². The van der Waals surface area contributed by atoms with Gasteiger partial charge in [-0.3, -0.25) is 9.89 Å². The maximum absolute atomic E-state index is 12.2. The number of aromatic nitrogens is 2. The third-order valence-corrected chi connectivity index (χ3v) is 3.39. The first-order valence-corrected chi connectivity index (χ1v) is 6.40. The van der Waals surface area contributed by atoms with Gasteiger partial charge in [-0.2, -0.15) is 5.10 Å². The fourth-order valence-corrected chi connectivity index (χ4v) is 2.58. The van der Waals surface area contributed by atoms with Crippen molar-refractivity contribution in [3.8, 4) is 0 Å². The number of nitrogens with zero attached hydrogens (tertiary/aromatic N) is 2. The van der Waals surface area contributed by atoms with Gasteiger partial charge in [0.2, 0.25) is 5.91 Å². The largest absolute Gasteiger partial charge is 0.393 e. The normalized spacial score (nSPS) is 23.7. The van der Waals surface area contributed by atoms with Gasteiger partial charge < -0.3 is 10.0 Å². The van der Waals surface area contributed by atoms with Gasteiger partial charge in [-0.05, 0) is 24.3 Å². The molecule has 18 heavy (non-hydrogen) atoms. The third-order valence-electron chi connectivity index (χ3n) is 3.39. The van der Waals surface area contributed by atoms with Gasteiger partial charge in [0, 0.05) is 25.0 Å². The second kappa shape index (κ2) is 5.10. The summed E-state index contributed by atoms with van der Waals surface area (Å²) in [5, 5.41) is 16.5. The molecule has 0 bridgehead atoms. The molecule has 1 aliphatic heterocycles. The number of aliphatic hydroxyl groups excluding tert-OH is 1. The van der Waals surface area contributed by atoms with Gasteiger partial charge in [0.15, 0.2) is 0 Å². The summed E-state index contributed by atoms with van der Waals surface area (Å²) in [6.45, 7) is 5.53. The lowest BCUT2D eigenvalue weighted by Crippen LogP contribution is -2.38. The van der Waals surface area contributed by atoms with Crippen molar-refractivity contribution in [1.82, 2.24) is 15.1 Å². The highest BCUT2D eigenvalue weighted by Crippen LogP contribution is 2.28. The van der Waals surface area contributed by atoms with Crippen molar-refractivity contribution < 1.29 is 9.90 Å². The third kappa shape index (κ3) is 3.32. The predicted octanol–water partition coefficient (Wildman–Crippen LogP) is 0.962. The van der Waals surface area contributed by atoms with Gasteiger partial charge in [-0.1, -0.05) is 13.8 Å². The Hall–Kier alpha value is -1.36. The zero-order chi connectivity index (χ0) is 13.2. The van der Waals surface area contributed by atoms with E-state index in [4.69, 9.17) is 0 Å². The first kappa shape index (κ1) is 13.1. The van der Waals surface area contributed by atoms with Crippen LogP contribution in [0.25, 0.3) is 0 Å². The highest BCUT2D eigenvalue weighted by atomic mass is 16.3. The summed E-state index contributed by atoms with van der Waals surface area (Å²) in [6.07, 6.45) is 3.12. The fourth-order valence-electron chi connectivity index (χ4n) is 2.58. The molecular weight excluding hydrogens is 230 g/mol. The number of H-pyrrole nitrogens is 1. The molecule has 1 atom stereocenters. The molecule has 2 rings (SSSR count). The van der Waals surface area contributed by atoms with Crippen LogP contribution in [0.4, 0.5) is 0 Å². The van der Waals surface area contributed by atoms with Crippen molar-refractivity contribution in [2.24, 2.45) is 5.41 Å². The Kier molecular flexibility index (Phi) is 3.71. The molecule has 5 heteroatoms. The van der Waals surface area contributed by atoms with Crippen molar-refractivity contribution in [2.75, 3.05) is 13.1 Å². The van der Waals surface area contributed by atoms with Gasteiger partial charge in [0.05, 0.1) is 12.5 Å². The molecule has 1 unspecified atom stereocenters. The maximum atomic E-state index is 12.2. The molecule has 1 aromatic rings. The lowest BCUT2D eigenvalue weighted by molar-refractivity contribution is -0.131. The van der Waals surface area contributed by atoms with E-state index < -0.39 is 0 Å². The van der Waals surface area contributed by atoms with Crippen molar-refractivity contribution >= 4 is 5.91 Å². The predicted molar refractivity (Wildman–Crippen MR) is 67.9 cm³/mol. The van der Waals surface area contributed by atoms with Crippen LogP contribution in [-0.4, -0.2) is 45.3 Å². The van der Waals surface area contributed by atoms with Crippen LogP contribution in [0.2, 0.25) is 0 Å². The number of aromatic amines is 1. The Labute approximate surface area is 107 Å². The lowest BCUT2D eigenvalue weighted by Gasteiger charge is -2.29. The van der Waals surface area contributed by atoms with E-state index in [2.05, 4.69) is 24.0 Å². The quantitative estimate of drug-likeness (QED) is 0.822. The van der Waals surface area contributed by atoms with E-state index in [1.165, 1.54) is 0 Å². The number of carbonyl (C=O) groups is 1. The van der Waals surface area contributed by atoms with Gasteiger partial charge in [0.1, 0.15) is 0 Å². The summed E-state index contributed by atoms with van der Waals surface area (Å²) in [4.78, 5) is 14.1. The molecule has 0 aromatic carbocycles. The van der Waals surface area contributed by atoms with Crippen molar-refractivity contribution in [3.63, 3.8) is 0 Å². The molecule has 1 saturated heterocycles. The average molecular weight is 251 g/mol. The first-order chi connectivity index (χ1) is 8.46. The molecule has 100 valence electrons. The summed E-state index contributed by atoms with van der Waals surface area (Å²) in [5.41, 5.74) is 0.808. The first-order valence-electron chi connectivity index (χ1n) is 6.40. The monoisotopic (exact) mass is 251 g/mol. The zero-order valence-electron chi connectivity index (χ0n) is 11.0. The lowest BCUT2D eigenvalue weighted by atomic mass is 9.87. The Morgan fingerprint density at radius 3 is 3.11 bits per heavy atom. The molecule has 0 aliphatic carbocycles. The second-order valence-electron chi connectivity index (χ2n) is 5.88. The number of rotatable bonds is 2. The second-order valence-corrected chi connectivity index (χ2v) is 5.88. The highest BCUT2D eigenvalue weighted by molar-refractivity contribution is 5.78. The molecule has 0 spiro atoms. The van der Waals surface area contributed by atoms with Crippen LogP contribution in [0, 0.1) is 5.41 Å². The van der Waals surface area contributed by atoms with Crippen LogP contribution in [0.1, 0.15) is 32.4 Å². The molecule has 2 heterocycles. The topological polar surface area (TPSA) is 69.2 Å². The molecule has 0 radical (unpaired) electrons. The Balaban J connectivity index is 2.01. The summed E-state index contributed by atoms with van der Waals surface area (Å²) in [6, 6.07) is 1.82. The summed E-state index contributed by atoms with van der Waals surface area (Å²) >= 11 is 0. The van der Waals surface area contributed by atoms with Gasteiger partial charge >= 0.3 is 0 Å². The van der Waals surface area contributed by atoms with Crippen LogP contribution < -0.4 is 0 Å². The SMILES string of the molecule is CC1(C)CC(O)CCN(C(=O)Cc2ccn[nH]2)C1. The number of nitrogens with one attached hydrogen (secondary N) is 1. The molecule has 1 aliphatic rings. The minimum absolute atomic E-state index is 0.0282. The van der Waals surface area contributed by atoms with E-state index >= 15 is 0 Å². The van der Waals surface area contributed by atoms with Gasteiger partial charge in [-0.15, -0.1) is 0 Å². The number of hydrogen-bond acceptors (Lipinski definition) is 3. The van der Waals surface area contributed by atoms with Crippen LogP contribution in [0.3, 0.4) is 0 Å². The van der Waals surface area contributed by atoms with Crippen LogP contribution in [0.15, 0.2) is 12.3 Å². The zero-order valence-corrected chi connectivity index (χ0v) is 11.0. The summed E-state index contributed by atoms with van der Waals surface area (Å²) < 4.78 is 0. The Morgan fingerprint density at radius 1 is 1.67 bits per heavy atom. The van der Waals surface area contributed by atoms with Gasteiger partial charge in [0.25, 0.3) is 0 Å². The number of hydrogen-bond donors (Lipinski definition) is 2. The Bertz CT molecular complexity index is 400. The van der Waals surface area contributed by atoms with E-state index in [0.29, 0.717) is 25.9 Å².